The summed E-state index contributed by atoms with van der Waals surface area (Å²) in [7, 11) is 1.59. The molecule has 2 heterocycles. The van der Waals surface area contributed by atoms with Gasteiger partial charge in [0.2, 0.25) is 5.91 Å². The van der Waals surface area contributed by atoms with Gasteiger partial charge >= 0.3 is 0 Å². The molecule has 0 N–H and O–H groups in total. The minimum atomic E-state index is -0.196. The van der Waals surface area contributed by atoms with Crippen LogP contribution in [0.5, 0.6) is 5.75 Å². The maximum Gasteiger partial charge on any atom is 0.254 e. The highest BCUT2D eigenvalue weighted by Crippen LogP contribution is 2.18. The average Bonchev–Trinajstić information content (AvgIpc) is 3.57. The number of rotatable bonds is 11. The van der Waals surface area contributed by atoms with Gasteiger partial charge in [-0.15, -0.1) is 0 Å². The number of furan rings is 1. The van der Waals surface area contributed by atoms with Crippen molar-refractivity contribution in [2.45, 2.75) is 38.8 Å². The van der Waals surface area contributed by atoms with Crippen LogP contribution in [0.3, 0.4) is 0 Å². The van der Waals surface area contributed by atoms with Crippen molar-refractivity contribution in [1.82, 2.24) is 9.80 Å². The minimum absolute atomic E-state index is 0.0286. The van der Waals surface area contributed by atoms with Gasteiger partial charge in [0.05, 0.1) is 19.8 Å². The van der Waals surface area contributed by atoms with Crippen LogP contribution in [-0.2, 0) is 22.5 Å². The Bertz CT molecular complexity index is 1120. The van der Waals surface area contributed by atoms with Crippen LogP contribution in [-0.4, -0.2) is 61.1 Å². The van der Waals surface area contributed by atoms with Crippen LogP contribution in [0.15, 0.2) is 71.1 Å². The third kappa shape index (κ3) is 6.98. The van der Waals surface area contributed by atoms with E-state index in [-0.39, 0.29) is 24.5 Å². The first-order valence-electron chi connectivity index (χ1n) is 12.4. The largest absolute Gasteiger partial charge is 0.497 e. The van der Waals surface area contributed by atoms with Gasteiger partial charge in [0.1, 0.15) is 23.8 Å². The number of hydrogen-bond donors (Lipinski definition) is 0. The summed E-state index contributed by atoms with van der Waals surface area (Å²) < 4.78 is 16.8. The van der Waals surface area contributed by atoms with E-state index in [2.05, 4.69) is 12.1 Å². The van der Waals surface area contributed by atoms with Gasteiger partial charge < -0.3 is 23.7 Å². The number of hydrogen-bond acceptors (Lipinski definition) is 5. The molecule has 190 valence electrons. The number of ether oxygens (including phenoxy) is 2. The standard InChI is InChI=1S/C29H34N2O5/c1-22-10-13-27(36-22)20-30(17-16-23-7-4-3-5-8-23)28(32)21-31(19-26-9-6-18-35-26)29(33)24-11-14-25(34-2)15-12-24/h3-5,7-8,10-15,26H,6,9,16-21H2,1-2H3/t26-/m1/s1. The van der Waals surface area contributed by atoms with E-state index in [0.29, 0.717) is 44.0 Å². The fourth-order valence-corrected chi connectivity index (χ4v) is 4.39. The van der Waals surface area contributed by atoms with Crippen molar-refractivity contribution in [1.29, 1.82) is 0 Å². The molecule has 2 aromatic carbocycles. The molecule has 36 heavy (non-hydrogen) atoms. The van der Waals surface area contributed by atoms with Crippen LogP contribution in [0.4, 0.5) is 0 Å². The number of aryl methyl sites for hydroxylation is 1. The predicted octanol–water partition coefficient (Wildman–Crippen LogP) is 4.49. The molecule has 1 aliphatic rings. The van der Waals surface area contributed by atoms with Gasteiger partial charge in [-0.05, 0) is 68.1 Å². The first kappa shape index (κ1) is 25.5. The van der Waals surface area contributed by atoms with E-state index in [9.17, 15) is 9.59 Å². The van der Waals surface area contributed by atoms with E-state index in [1.165, 1.54) is 0 Å². The lowest BCUT2D eigenvalue weighted by Gasteiger charge is -2.29. The van der Waals surface area contributed by atoms with Crippen LogP contribution in [0.1, 0.15) is 40.3 Å². The van der Waals surface area contributed by atoms with E-state index in [0.717, 1.165) is 29.9 Å². The molecule has 0 unspecified atom stereocenters. The molecule has 0 saturated carbocycles. The third-order valence-corrected chi connectivity index (χ3v) is 6.41. The minimum Gasteiger partial charge on any atom is -0.497 e. The maximum absolute atomic E-state index is 13.6. The maximum atomic E-state index is 13.6. The second-order valence-electron chi connectivity index (χ2n) is 9.11. The second-order valence-corrected chi connectivity index (χ2v) is 9.11. The zero-order valence-corrected chi connectivity index (χ0v) is 21.0. The number of nitrogens with zero attached hydrogens (tertiary/aromatic N) is 2. The Labute approximate surface area is 212 Å². The van der Waals surface area contributed by atoms with Crippen LogP contribution in [0, 0.1) is 6.92 Å². The SMILES string of the molecule is COc1ccc(C(=O)N(CC(=O)N(CCc2ccccc2)Cc2ccc(C)o2)C[C@H]2CCCO2)cc1. The van der Waals surface area contributed by atoms with Crippen LogP contribution < -0.4 is 4.74 Å². The smallest absolute Gasteiger partial charge is 0.254 e. The van der Waals surface area contributed by atoms with Crippen molar-refractivity contribution >= 4 is 11.8 Å². The Morgan fingerprint density at radius 3 is 2.42 bits per heavy atom. The number of amides is 2. The van der Waals surface area contributed by atoms with E-state index >= 15 is 0 Å². The Hall–Kier alpha value is -3.58. The molecule has 1 atom stereocenters. The van der Waals surface area contributed by atoms with Gasteiger partial charge in [-0.3, -0.25) is 9.59 Å². The average molecular weight is 491 g/mol. The summed E-state index contributed by atoms with van der Waals surface area (Å²) in [6.07, 6.45) is 2.49. The Balaban J connectivity index is 1.51. The van der Waals surface area contributed by atoms with E-state index in [4.69, 9.17) is 13.9 Å². The number of methoxy groups -OCH3 is 1. The lowest BCUT2D eigenvalue weighted by molar-refractivity contribution is -0.133. The highest BCUT2D eigenvalue weighted by Gasteiger charge is 2.27. The molecule has 0 bridgehead atoms. The topological polar surface area (TPSA) is 72.2 Å². The van der Waals surface area contributed by atoms with E-state index < -0.39 is 0 Å². The van der Waals surface area contributed by atoms with E-state index in [1.807, 2.05) is 37.3 Å². The molecular formula is C29H34N2O5. The number of carbonyl (C=O) groups is 2. The summed E-state index contributed by atoms with van der Waals surface area (Å²) in [6, 6.07) is 20.8. The molecule has 7 heteroatoms. The normalized spacial score (nSPS) is 15.0. The quantitative estimate of drug-likeness (QED) is 0.396. The Kier molecular flexibility index (Phi) is 8.79. The first-order chi connectivity index (χ1) is 17.5. The summed E-state index contributed by atoms with van der Waals surface area (Å²) in [5.41, 5.74) is 1.66. The lowest BCUT2D eigenvalue weighted by atomic mass is 10.1. The summed E-state index contributed by atoms with van der Waals surface area (Å²) in [5.74, 6) is 1.88. The third-order valence-electron chi connectivity index (χ3n) is 6.41. The summed E-state index contributed by atoms with van der Waals surface area (Å²) in [4.78, 5) is 30.5. The van der Waals surface area contributed by atoms with Crippen molar-refractivity contribution in [3.8, 4) is 5.75 Å². The first-order valence-corrected chi connectivity index (χ1v) is 12.4. The molecule has 2 amide bonds. The Morgan fingerprint density at radius 2 is 1.78 bits per heavy atom. The number of benzene rings is 2. The van der Waals surface area contributed by atoms with Gasteiger partial charge in [-0.1, -0.05) is 30.3 Å². The second kappa shape index (κ2) is 12.4. The molecule has 0 aliphatic carbocycles. The zero-order valence-electron chi connectivity index (χ0n) is 21.0. The molecule has 7 nitrogen and oxygen atoms in total. The predicted molar refractivity (Wildman–Crippen MR) is 137 cm³/mol. The molecular weight excluding hydrogens is 456 g/mol. The summed E-state index contributed by atoms with van der Waals surface area (Å²) >= 11 is 0. The fourth-order valence-electron chi connectivity index (χ4n) is 4.39. The highest BCUT2D eigenvalue weighted by molar-refractivity contribution is 5.96. The van der Waals surface area contributed by atoms with Crippen LogP contribution in [0.2, 0.25) is 0 Å². The molecule has 0 spiro atoms. The lowest BCUT2D eigenvalue weighted by Crippen LogP contribution is -2.46. The van der Waals surface area contributed by atoms with Crippen molar-refractivity contribution < 1.29 is 23.5 Å². The highest BCUT2D eigenvalue weighted by atomic mass is 16.5. The Morgan fingerprint density at radius 1 is 1.00 bits per heavy atom. The van der Waals surface area contributed by atoms with Gasteiger partial charge in [0.25, 0.3) is 5.91 Å². The monoisotopic (exact) mass is 490 g/mol. The zero-order chi connectivity index (χ0) is 25.3. The van der Waals surface area contributed by atoms with Crippen LogP contribution in [0.25, 0.3) is 0 Å². The molecule has 3 aromatic rings. The summed E-state index contributed by atoms with van der Waals surface area (Å²) in [6.45, 7) is 3.79. The molecule has 1 aromatic heterocycles. The fraction of sp³-hybridized carbons (Fsp3) is 0.379. The van der Waals surface area contributed by atoms with Gasteiger partial charge in [-0.2, -0.15) is 0 Å². The van der Waals surface area contributed by atoms with Crippen molar-refractivity contribution in [3.05, 3.63) is 89.4 Å². The molecule has 0 radical (unpaired) electrons. The summed E-state index contributed by atoms with van der Waals surface area (Å²) in [5, 5.41) is 0. The van der Waals surface area contributed by atoms with Gasteiger partial charge in [0, 0.05) is 25.3 Å². The van der Waals surface area contributed by atoms with Crippen molar-refractivity contribution in [3.63, 3.8) is 0 Å². The van der Waals surface area contributed by atoms with Gasteiger partial charge in [0.15, 0.2) is 0 Å². The molecule has 1 fully saturated rings. The number of carbonyl (C=O) groups excluding carboxylic acids is 2. The van der Waals surface area contributed by atoms with Gasteiger partial charge in [-0.25, -0.2) is 0 Å². The van der Waals surface area contributed by atoms with Crippen molar-refractivity contribution in [2.24, 2.45) is 0 Å². The molecule has 4 rings (SSSR count). The molecule has 1 saturated heterocycles. The van der Waals surface area contributed by atoms with Crippen molar-refractivity contribution in [2.75, 3.05) is 33.4 Å². The van der Waals surface area contributed by atoms with E-state index in [1.54, 1.807) is 41.2 Å². The van der Waals surface area contributed by atoms with Crippen LogP contribution >= 0.6 is 0 Å². The molecule has 1 aliphatic heterocycles.